The Balaban J connectivity index is 1.75. The van der Waals surface area contributed by atoms with Crippen molar-refractivity contribution in [2.24, 2.45) is 5.92 Å². The van der Waals surface area contributed by atoms with Crippen molar-refractivity contribution in [3.8, 4) is 5.75 Å². The van der Waals surface area contributed by atoms with Crippen molar-refractivity contribution in [2.75, 3.05) is 6.54 Å². The van der Waals surface area contributed by atoms with Gasteiger partial charge >= 0.3 is 0 Å². The first-order chi connectivity index (χ1) is 7.75. The van der Waals surface area contributed by atoms with Gasteiger partial charge in [0.1, 0.15) is 5.75 Å². The van der Waals surface area contributed by atoms with Gasteiger partial charge in [-0.05, 0) is 36.5 Å². The Hall–Kier alpha value is -1.06. The largest absolute Gasteiger partial charge is 0.508 e. The number of aromatic hydroxyl groups is 1. The van der Waals surface area contributed by atoms with Gasteiger partial charge in [-0.2, -0.15) is 0 Å². The Bertz CT molecular complexity index is 340. The molecule has 0 aliphatic heterocycles. The maximum atomic E-state index is 9.65. The summed E-state index contributed by atoms with van der Waals surface area (Å²) in [4.78, 5) is 0. The van der Waals surface area contributed by atoms with Crippen LogP contribution in [0.15, 0.2) is 24.3 Å². The summed E-state index contributed by atoms with van der Waals surface area (Å²) in [6, 6.07) is 7.26. The molecule has 2 rings (SSSR count). The Labute approximate surface area is 96.1 Å². The van der Waals surface area contributed by atoms with E-state index in [-0.39, 0.29) is 6.10 Å². The highest BCUT2D eigenvalue weighted by molar-refractivity contribution is 5.26. The fraction of sp³-hybridized carbons (Fsp3) is 0.538. The average molecular weight is 221 g/mol. The van der Waals surface area contributed by atoms with Gasteiger partial charge in [0.2, 0.25) is 0 Å². The molecule has 1 saturated carbocycles. The monoisotopic (exact) mass is 221 g/mol. The van der Waals surface area contributed by atoms with Gasteiger partial charge in [-0.3, -0.25) is 0 Å². The van der Waals surface area contributed by atoms with Gasteiger partial charge in [0.15, 0.2) is 0 Å². The van der Waals surface area contributed by atoms with Crippen molar-refractivity contribution >= 4 is 0 Å². The van der Waals surface area contributed by atoms with E-state index in [2.05, 4.69) is 5.32 Å². The number of rotatable bonds is 4. The number of aliphatic hydroxyl groups is 1. The highest BCUT2D eigenvalue weighted by Crippen LogP contribution is 2.24. The van der Waals surface area contributed by atoms with E-state index in [0.717, 1.165) is 37.9 Å². The first-order valence-corrected chi connectivity index (χ1v) is 5.92. The summed E-state index contributed by atoms with van der Waals surface area (Å²) in [7, 11) is 0. The summed E-state index contributed by atoms with van der Waals surface area (Å²) < 4.78 is 0. The van der Waals surface area contributed by atoms with Gasteiger partial charge in [0.05, 0.1) is 6.10 Å². The van der Waals surface area contributed by atoms with Crippen LogP contribution in [-0.2, 0) is 6.54 Å². The summed E-state index contributed by atoms with van der Waals surface area (Å²) in [6.45, 7) is 1.61. The molecule has 1 aliphatic rings. The van der Waals surface area contributed by atoms with Crippen LogP contribution in [0, 0.1) is 5.92 Å². The van der Waals surface area contributed by atoms with Crippen molar-refractivity contribution in [2.45, 2.75) is 31.9 Å². The predicted octanol–water partition coefficient (Wildman–Crippen LogP) is 1.64. The Kier molecular flexibility index (Phi) is 3.80. The number of phenolic OH excluding ortho intramolecular Hbond substituents is 1. The van der Waals surface area contributed by atoms with Gasteiger partial charge in [0.25, 0.3) is 0 Å². The van der Waals surface area contributed by atoms with Crippen LogP contribution in [0.5, 0.6) is 5.75 Å². The second kappa shape index (κ2) is 5.32. The van der Waals surface area contributed by atoms with E-state index in [4.69, 9.17) is 0 Å². The number of nitrogens with one attached hydrogen (secondary N) is 1. The normalized spacial score (nSPS) is 24.8. The maximum absolute atomic E-state index is 9.65. The number of phenols is 1. The molecule has 0 amide bonds. The van der Waals surface area contributed by atoms with Crippen LogP contribution in [-0.4, -0.2) is 22.9 Å². The summed E-state index contributed by atoms with van der Waals surface area (Å²) in [5, 5.41) is 22.3. The average Bonchev–Trinajstić information content (AvgIpc) is 2.65. The molecule has 0 radical (unpaired) electrons. The first kappa shape index (κ1) is 11.4. The smallest absolute Gasteiger partial charge is 0.115 e. The molecule has 3 heteroatoms. The van der Waals surface area contributed by atoms with Gasteiger partial charge in [-0.25, -0.2) is 0 Å². The predicted molar refractivity (Wildman–Crippen MR) is 63.2 cm³/mol. The van der Waals surface area contributed by atoms with E-state index in [1.807, 2.05) is 12.1 Å². The third-order valence-corrected chi connectivity index (χ3v) is 3.27. The van der Waals surface area contributed by atoms with Crippen LogP contribution < -0.4 is 5.32 Å². The van der Waals surface area contributed by atoms with Gasteiger partial charge in [0, 0.05) is 13.1 Å². The zero-order chi connectivity index (χ0) is 11.4. The number of hydrogen-bond donors (Lipinski definition) is 3. The topological polar surface area (TPSA) is 52.5 Å². The number of aliphatic hydroxyl groups excluding tert-OH is 1. The summed E-state index contributed by atoms with van der Waals surface area (Å²) in [5.74, 6) is 0.706. The third-order valence-electron chi connectivity index (χ3n) is 3.27. The quantitative estimate of drug-likeness (QED) is 0.724. The fourth-order valence-electron chi connectivity index (χ4n) is 2.32. The number of benzene rings is 1. The molecular weight excluding hydrogens is 202 g/mol. The zero-order valence-electron chi connectivity index (χ0n) is 9.39. The lowest BCUT2D eigenvalue weighted by molar-refractivity contribution is 0.131. The van der Waals surface area contributed by atoms with Crippen LogP contribution in [0.1, 0.15) is 24.8 Å². The molecular formula is C13H19NO2. The van der Waals surface area contributed by atoms with E-state index in [1.54, 1.807) is 12.1 Å². The highest BCUT2D eigenvalue weighted by Gasteiger charge is 2.24. The molecule has 88 valence electrons. The lowest BCUT2D eigenvalue weighted by Gasteiger charge is -2.15. The van der Waals surface area contributed by atoms with Crippen LogP contribution in [0.25, 0.3) is 0 Å². The van der Waals surface area contributed by atoms with E-state index < -0.39 is 0 Å². The molecule has 16 heavy (non-hydrogen) atoms. The van der Waals surface area contributed by atoms with Crippen LogP contribution in [0.2, 0.25) is 0 Å². The van der Waals surface area contributed by atoms with Crippen LogP contribution >= 0.6 is 0 Å². The highest BCUT2D eigenvalue weighted by atomic mass is 16.3. The maximum Gasteiger partial charge on any atom is 0.115 e. The minimum Gasteiger partial charge on any atom is -0.508 e. The minimum atomic E-state index is -0.128. The van der Waals surface area contributed by atoms with E-state index >= 15 is 0 Å². The summed E-state index contributed by atoms with van der Waals surface area (Å²) in [5.41, 5.74) is 1.08. The van der Waals surface area contributed by atoms with Gasteiger partial charge < -0.3 is 15.5 Å². The van der Waals surface area contributed by atoms with Crippen LogP contribution in [0.4, 0.5) is 0 Å². The molecule has 3 N–H and O–H groups in total. The van der Waals surface area contributed by atoms with E-state index in [1.165, 1.54) is 0 Å². The van der Waals surface area contributed by atoms with Crippen molar-refractivity contribution in [3.05, 3.63) is 29.8 Å². The molecule has 0 bridgehead atoms. The van der Waals surface area contributed by atoms with Crippen LogP contribution in [0.3, 0.4) is 0 Å². The Morgan fingerprint density at radius 3 is 2.88 bits per heavy atom. The molecule has 3 nitrogen and oxygen atoms in total. The van der Waals surface area contributed by atoms with Crippen molar-refractivity contribution in [1.29, 1.82) is 0 Å². The van der Waals surface area contributed by atoms with Gasteiger partial charge in [-0.1, -0.05) is 18.6 Å². The van der Waals surface area contributed by atoms with Crippen molar-refractivity contribution < 1.29 is 10.2 Å². The molecule has 0 spiro atoms. The molecule has 2 atom stereocenters. The second-order valence-electron chi connectivity index (χ2n) is 4.56. The molecule has 2 unspecified atom stereocenters. The number of hydrogen-bond acceptors (Lipinski definition) is 3. The molecule has 0 heterocycles. The fourth-order valence-corrected chi connectivity index (χ4v) is 2.32. The zero-order valence-corrected chi connectivity index (χ0v) is 9.39. The Morgan fingerprint density at radius 1 is 1.31 bits per heavy atom. The second-order valence-corrected chi connectivity index (χ2v) is 4.56. The standard InChI is InChI=1S/C13H19NO2/c15-12-5-1-3-10(7-12)8-14-9-11-4-2-6-13(11)16/h1,3,5,7,11,13-16H,2,4,6,8-9H2. The van der Waals surface area contributed by atoms with Crippen molar-refractivity contribution in [3.63, 3.8) is 0 Å². The lowest BCUT2D eigenvalue weighted by Crippen LogP contribution is -2.27. The summed E-state index contributed by atoms with van der Waals surface area (Å²) in [6.07, 6.45) is 3.07. The molecule has 0 saturated heterocycles. The first-order valence-electron chi connectivity index (χ1n) is 5.92. The summed E-state index contributed by atoms with van der Waals surface area (Å²) >= 11 is 0. The third kappa shape index (κ3) is 2.97. The molecule has 1 fully saturated rings. The molecule has 1 aliphatic carbocycles. The lowest BCUT2D eigenvalue weighted by atomic mass is 10.1. The molecule has 1 aromatic carbocycles. The van der Waals surface area contributed by atoms with Gasteiger partial charge in [-0.15, -0.1) is 0 Å². The van der Waals surface area contributed by atoms with Crippen molar-refractivity contribution in [1.82, 2.24) is 5.32 Å². The molecule has 0 aromatic heterocycles. The Morgan fingerprint density at radius 2 is 2.19 bits per heavy atom. The van der Waals surface area contributed by atoms with E-state index in [9.17, 15) is 10.2 Å². The minimum absolute atomic E-state index is 0.128. The van der Waals surface area contributed by atoms with E-state index in [0.29, 0.717) is 11.7 Å². The SMILES string of the molecule is Oc1cccc(CNCC2CCCC2O)c1. The molecule has 1 aromatic rings.